The summed E-state index contributed by atoms with van der Waals surface area (Å²) in [6, 6.07) is 2.06. The molecule has 0 saturated carbocycles. The normalized spacial score (nSPS) is 17.5. The van der Waals surface area contributed by atoms with Crippen molar-refractivity contribution in [1.82, 2.24) is 9.97 Å². The molecular formula is C21H26F4N4O4S. The maximum absolute atomic E-state index is 14.6. The molecule has 0 spiro atoms. The molecule has 2 aromatic rings. The van der Waals surface area contributed by atoms with Gasteiger partial charge >= 0.3 is 6.18 Å². The van der Waals surface area contributed by atoms with Gasteiger partial charge in [0.1, 0.15) is 5.82 Å². The zero-order valence-corrected chi connectivity index (χ0v) is 19.7. The van der Waals surface area contributed by atoms with Gasteiger partial charge in [0.15, 0.2) is 15.5 Å². The third-order valence-corrected chi connectivity index (χ3v) is 6.96. The largest absolute Gasteiger partial charge is 0.433 e. The number of aliphatic hydroxyl groups excluding tert-OH is 2. The molecule has 0 amide bonds. The first-order chi connectivity index (χ1) is 15.8. The summed E-state index contributed by atoms with van der Waals surface area (Å²) in [5.74, 6) is -1.07. The van der Waals surface area contributed by atoms with E-state index >= 15 is 0 Å². The van der Waals surface area contributed by atoms with Crippen LogP contribution >= 0.6 is 0 Å². The van der Waals surface area contributed by atoms with Crippen LogP contribution in [0.5, 0.6) is 0 Å². The van der Waals surface area contributed by atoms with Crippen LogP contribution in [0.2, 0.25) is 0 Å². The van der Waals surface area contributed by atoms with E-state index in [2.05, 4.69) is 9.97 Å². The monoisotopic (exact) mass is 506 g/mol. The smallest absolute Gasteiger partial charge is 0.392 e. The second-order valence-electron chi connectivity index (χ2n) is 8.49. The van der Waals surface area contributed by atoms with Gasteiger partial charge in [0.25, 0.3) is 0 Å². The molecule has 0 aliphatic carbocycles. The van der Waals surface area contributed by atoms with Crippen LogP contribution in [0.15, 0.2) is 23.2 Å². The predicted octanol–water partition coefficient (Wildman–Crippen LogP) is 2.37. The van der Waals surface area contributed by atoms with Crippen LogP contribution in [0.25, 0.3) is 0 Å². The molecule has 13 heteroatoms. The van der Waals surface area contributed by atoms with E-state index in [0.717, 1.165) is 18.5 Å². The lowest BCUT2D eigenvalue weighted by Gasteiger charge is -2.44. The van der Waals surface area contributed by atoms with Crippen molar-refractivity contribution in [2.75, 3.05) is 35.7 Å². The number of hydrogen-bond acceptors (Lipinski definition) is 8. The van der Waals surface area contributed by atoms with Gasteiger partial charge in [-0.25, -0.2) is 22.8 Å². The molecule has 1 atom stereocenters. The molecule has 0 radical (unpaired) electrons. The number of sulfone groups is 1. The van der Waals surface area contributed by atoms with Gasteiger partial charge in [-0.2, -0.15) is 13.2 Å². The fraction of sp³-hybridized carbons (Fsp3) is 0.524. The lowest BCUT2D eigenvalue weighted by molar-refractivity contribution is -0.142. The van der Waals surface area contributed by atoms with Crippen LogP contribution in [0, 0.1) is 11.7 Å². The van der Waals surface area contributed by atoms with Gasteiger partial charge in [0.05, 0.1) is 24.2 Å². The van der Waals surface area contributed by atoms with Gasteiger partial charge in [-0.3, -0.25) is 0 Å². The number of halogens is 4. The molecule has 1 aromatic heterocycles. The number of nitrogens with zero attached hydrogens (tertiary/aromatic N) is 4. The van der Waals surface area contributed by atoms with Gasteiger partial charge in [-0.15, -0.1) is 0 Å². The Bertz CT molecular complexity index is 1160. The van der Waals surface area contributed by atoms with Gasteiger partial charge in [-0.1, -0.05) is 13.8 Å². The van der Waals surface area contributed by atoms with E-state index in [1.807, 2.05) is 13.8 Å². The number of anilines is 2. The molecule has 0 bridgehead atoms. The van der Waals surface area contributed by atoms with Gasteiger partial charge in [0.2, 0.25) is 5.95 Å². The van der Waals surface area contributed by atoms with Crippen molar-refractivity contribution in [2.45, 2.75) is 44.2 Å². The van der Waals surface area contributed by atoms with Crippen molar-refractivity contribution < 1.29 is 36.2 Å². The summed E-state index contributed by atoms with van der Waals surface area (Å²) in [5, 5.41) is 18.7. The third-order valence-electron chi connectivity index (χ3n) is 5.80. The summed E-state index contributed by atoms with van der Waals surface area (Å²) in [5.41, 5.74) is -1.66. The first-order valence-corrected chi connectivity index (χ1v) is 12.4. The van der Waals surface area contributed by atoms with Crippen molar-refractivity contribution in [1.29, 1.82) is 0 Å². The minimum Gasteiger partial charge on any atom is -0.392 e. The van der Waals surface area contributed by atoms with Gasteiger partial charge in [-0.05, 0) is 18.1 Å². The molecule has 8 nitrogen and oxygen atoms in total. The lowest BCUT2D eigenvalue weighted by Crippen LogP contribution is -2.56. The summed E-state index contributed by atoms with van der Waals surface area (Å²) >= 11 is 0. The average Bonchev–Trinajstić information content (AvgIpc) is 2.76. The Kier molecular flexibility index (Phi) is 7.39. The van der Waals surface area contributed by atoms with Gasteiger partial charge in [0, 0.05) is 48.9 Å². The molecule has 1 fully saturated rings. The first kappa shape index (κ1) is 26.1. The average molecular weight is 507 g/mol. The summed E-state index contributed by atoms with van der Waals surface area (Å²) in [6.07, 6.45) is -2.89. The molecule has 1 aliphatic rings. The topological polar surface area (TPSA) is 107 Å². The zero-order chi connectivity index (χ0) is 25.4. The first-order valence-electron chi connectivity index (χ1n) is 10.5. The molecule has 34 heavy (non-hydrogen) atoms. The Morgan fingerprint density at radius 3 is 2.38 bits per heavy atom. The minimum atomic E-state index is -4.76. The number of alkyl halides is 3. The number of aliphatic hydroxyl groups is 2. The number of benzene rings is 1. The van der Waals surface area contributed by atoms with E-state index in [9.17, 15) is 36.2 Å². The van der Waals surface area contributed by atoms with E-state index in [1.54, 1.807) is 9.80 Å². The third kappa shape index (κ3) is 5.26. The van der Waals surface area contributed by atoms with Crippen molar-refractivity contribution in [3.63, 3.8) is 0 Å². The Morgan fingerprint density at radius 2 is 1.85 bits per heavy atom. The molecule has 1 aromatic carbocycles. The van der Waals surface area contributed by atoms with Crippen LogP contribution in [-0.4, -0.2) is 60.5 Å². The molecule has 3 rings (SSSR count). The number of hydrogen-bond donors (Lipinski definition) is 2. The molecule has 188 valence electrons. The Balaban J connectivity index is 1.98. The van der Waals surface area contributed by atoms with E-state index in [4.69, 9.17) is 0 Å². The summed E-state index contributed by atoms with van der Waals surface area (Å²) in [4.78, 5) is 10.8. The highest BCUT2D eigenvalue weighted by molar-refractivity contribution is 7.90. The Hall–Kier alpha value is -2.51. The van der Waals surface area contributed by atoms with Crippen LogP contribution in [-0.2, 0) is 29.2 Å². The van der Waals surface area contributed by atoms with Crippen LogP contribution in [0.4, 0.5) is 29.2 Å². The number of rotatable bonds is 6. The van der Waals surface area contributed by atoms with Crippen molar-refractivity contribution in [3.05, 3.63) is 41.0 Å². The molecule has 2 heterocycles. The van der Waals surface area contributed by atoms with E-state index in [-0.39, 0.29) is 53.7 Å². The highest BCUT2D eigenvalue weighted by Crippen LogP contribution is 2.34. The van der Waals surface area contributed by atoms with E-state index in [1.165, 1.54) is 6.07 Å². The molecule has 2 N–H and O–H groups in total. The summed E-state index contributed by atoms with van der Waals surface area (Å²) in [6.45, 7) is 2.77. The molecular weight excluding hydrogens is 480 g/mol. The zero-order valence-electron chi connectivity index (χ0n) is 18.8. The SMILES string of the molecule is CC(C)[C@@H]1CN(c2cc(F)c(CO)c(S(C)(=O)=O)c2)CCN1c1ncc(CO)c(C(F)(F)F)n1. The second kappa shape index (κ2) is 9.62. The van der Waals surface area contributed by atoms with Crippen LogP contribution < -0.4 is 9.80 Å². The van der Waals surface area contributed by atoms with Gasteiger partial charge < -0.3 is 20.0 Å². The summed E-state index contributed by atoms with van der Waals surface area (Å²) in [7, 11) is -3.82. The minimum absolute atomic E-state index is 0.0748. The maximum Gasteiger partial charge on any atom is 0.433 e. The highest BCUT2D eigenvalue weighted by Gasteiger charge is 2.38. The van der Waals surface area contributed by atoms with Crippen LogP contribution in [0.1, 0.15) is 30.7 Å². The highest BCUT2D eigenvalue weighted by atomic mass is 32.2. The quantitative estimate of drug-likeness (QED) is 0.576. The number of aromatic nitrogens is 2. The Morgan fingerprint density at radius 1 is 1.18 bits per heavy atom. The lowest BCUT2D eigenvalue weighted by atomic mass is 9.99. The standard InChI is InChI=1S/C21H26F4N4O4S/c1-12(2)17-9-28(14-6-16(22)15(11-31)18(7-14)34(3,32)33)4-5-29(17)20-26-8-13(10-30)19(27-20)21(23,24)25/h6-8,12,17,30-31H,4-5,9-11H2,1-3H3/t17-/m0/s1. The van der Waals surface area contributed by atoms with Crippen molar-refractivity contribution >= 4 is 21.5 Å². The fourth-order valence-electron chi connectivity index (χ4n) is 4.03. The predicted molar refractivity (Wildman–Crippen MR) is 117 cm³/mol. The summed E-state index contributed by atoms with van der Waals surface area (Å²) < 4.78 is 79.2. The van der Waals surface area contributed by atoms with Crippen molar-refractivity contribution in [3.8, 4) is 0 Å². The van der Waals surface area contributed by atoms with E-state index < -0.39 is 46.3 Å². The van der Waals surface area contributed by atoms with Crippen molar-refractivity contribution in [2.24, 2.45) is 5.92 Å². The maximum atomic E-state index is 14.6. The molecule has 1 aliphatic heterocycles. The second-order valence-corrected chi connectivity index (χ2v) is 10.5. The number of piperazine rings is 1. The molecule has 1 saturated heterocycles. The molecule has 0 unspecified atom stereocenters. The van der Waals surface area contributed by atoms with Crippen LogP contribution in [0.3, 0.4) is 0 Å². The fourth-order valence-corrected chi connectivity index (χ4v) is 4.97. The van der Waals surface area contributed by atoms with E-state index in [0.29, 0.717) is 0 Å². The Labute approximate surface area is 194 Å².